The number of aromatic nitrogens is 6. The molecule has 3 aromatic heterocycles. The molecule has 0 aliphatic carbocycles. The van der Waals surface area contributed by atoms with E-state index in [0.717, 1.165) is 84.0 Å². The Morgan fingerprint density at radius 3 is 1.25 bits per heavy atom. The van der Waals surface area contributed by atoms with Crippen molar-refractivity contribution in [1.82, 2.24) is 29.5 Å². The Labute approximate surface area is 560 Å². The van der Waals surface area contributed by atoms with Crippen LogP contribution >= 0.6 is 0 Å². The molecule has 0 unspecified atom stereocenters. The maximum atomic E-state index is 5.62. The van der Waals surface area contributed by atoms with E-state index < -0.39 is 0 Å². The molecule has 5 heterocycles. The topological polar surface area (TPSA) is 75.9 Å². The molecule has 8 nitrogen and oxygen atoms in total. The maximum Gasteiger partial charge on any atom is 0.252 e. The van der Waals surface area contributed by atoms with Gasteiger partial charge in [-0.15, -0.1) is 0 Å². The fourth-order valence-corrected chi connectivity index (χ4v) is 14.3. The van der Waals surface area contributed by atoms with Gasteiger partial charge in [0, 0.05) is 78.3 Å². The Balaban J connectivity index is 0.826. The number of nitrogens with zero attached hydrogens (tertiary/aromatic N) is 8. The van der Waals surface area contributed by atoms with Gasteiger partial charge in [-0.1, -0.05) is 236 Å². The molecule has 0 radical (unpaired) electrons. The van der Waals surface area contributed by atoms with Gasteiger partial charge in [-0.05, 0) is 153 Å². The van der Waals surface area contributed by atoms with E-state index in [4.69, 9.17) is 24.9 Å². The predicted molar refractivity (Wildman–Crippen MR) is 399 cm³/mol. The number of benzene rings is 12. The molecule has 0 spiro atoms. The fraction of sp³-hybridized carbons (Fsp3) is 0.0920. The van der Waals surface area contributed by atoms with E-state index in [9.17, 15) is 0 Å². The third-order valence-electron chi connectivity index (χ3n) is 19.2. The number of hydrogen-bond acceptors (Lipinski definition) is 7. The van der Waals surface area contributed by atoms with Crippen LogP contribution in [0.25, 0.3) is 107 Å². The van der Waals surface area contributed by atoms with Crippen molar-refractivity contribution in [3.8, 4) is 84.9 Å². The maximum absolute atomic E-state index is 5.62. The summed E-state index contributed by atoms with van der Waals surface area (Å²) in [6.45, 7) is 13.8. The Hall–Kier alpha value is -11.8. The van der Waals surface area contributed by atoms with E-state index in [0.29, 0.717) is 23.3 Å². The molecule has 0 N–H and O–H groups in total. The monoisotopic (exact) mass is 1230 g/mol. The number of hydrogen-bond donors (Lipinski definition) is 0. The van der Waals surface area contributed by atoms with Crippen molar-refractivity contribution in [3.63, 3.8) is 0 Å². The third-order valence-corrected chi connectivity index (χ3v) is 19.2. The second kappa shape index (κ2) is 23.0. The van der Waals surface area contributed by atoms with Gasteiger partial charge < -0.3 is 14.4 Å². The summed E-state index contributed by atoms with van der Waals surface area (Å²) in [5.74, 6) is 2.21. The van der Waals surface area contributed by atoms with Crippen molar-refractivity contribution in [2.75, 3.05) is 9.80 Å². The highest BCUT2D eigenvalue weighted by molar-refractivity contribution is 7.00. The molecule has 96 heavy (non-hydrogen) atoms. The average molecular weight is 1240 g/mol. The largest absolute Gasteiger partial charge is 0.311 e. The second-order valence-corrected chi connectivity index (χ2v) is 27.3. The fourth-order valence-electron chi connectivity index (χ4n) is 14.3. The third kappa shape index (κ3) is 10.1. The van der Waals surface area contributed by atoms with Crippen molar-refractivity contribution in [3.05, 3.63) is 308 Å². The van der Waals surface area contributed by atoms with Crippen molar-refractivity contribution in [2.24, 2.45) is 0 Å². The first-order valence-electron chi connectivity index (χ1n) is 33.1. The molecule has 0 saturated carbocycles. The van der Waals surface area contributed by atoms with Crippen molar-refractivity contribution in [2.45, 2.75) is 52.4 Å². The van der Waals surface area contributed by atoms with E-state index in [2.05, 4.69) is 323 Å². The van der Waals surface area contributed by atoms with Gasteiger partial charge in [0.1, 0.15) is 0 Å². The molecule has 2 aliphatic heterocycles. The summed E-state index contributed by atoms with van der Waals surface area (Å²) >= 11 is 0. The van der Waals surface area contributed by atoms with Crippen LogP contribution in [0.3, 0.4) is 0 Å². The number of fused-ring (bicyclic) bond motifs is 7. The van der Waals surface area contributed by atoms with Crippen molar-refractivity contribution >= 4 is 79.0 Å². The van der Waals surface area contributed by atoms with E-state index in [1.807, 2.05) is 30.3 Å². The van der Waals surface area contributed by atoms with Gasteiger partial charge in [0.15, 0.2) is 23.3 Å². The van der Waals surface area contributed by atoms with Crippen LogP contribution in [0.1, 0.15) is 52.7 Å². The van der Waals surface area contributed by atoms with Crippen LogP contribution in [0.15, 0.2) is 297 Å². The van der Waals surface area contributed by atoms with Gasteiger partial charge in [0.25, 0.3) is 6.71 Å². The molecule has 0 fully saturated rings. The molecule has 2 aliphatic rings. The number of para-hydroxylation sites is 3. The zero-order valence-electron chi connectivity index (χ0n) is 54.4. The van der Waals surface area contributed by atoms with Crippen LogP contribution in [-0.2, 0) is 10.8 Å². The summed E-state index contributed by atoms with van der Waals surface area (Å²) in [5.41, 5.74) is 25.4. The number of rotatable bonds is 10. The SMILES string of the molecule is CC(C)(C)c1ccc2c(c1)c1cc(C(C)(C)C)ccc1n2-c1ccc(-c2nc(-c3ccccc3)cc(-c3ccccc3)n2)cc1-c1nc(-c2ccccc2)nc(-c2cccc(-c3ccc(N4c5ccccc5B5c6ccccc6N(c6ccccc6)c6cccc4c65)cc3)c2)n1. The Morgan fingerprint density at radius 1 is 0.281 bits per heavy atom. The average Bonchev–Trinajstić information content (AvgIpc) is 0.846. The summed E-state index contributed by atoms with van der Waals surface area (Å²) in [4.78, 5) is 32.1. The first-order valence-corrected chi connectivity index (χ1v) is 33.1. The molecular weight excluding hydrogens is 1170 g/mol. The van der Waals surface area contributed by atoms with Crippen molar-refractivity contribution < 1.29 is 0 Å². The molecule has 15 aromatic rings. The van der Waals surface area contributed by atoms with Crippen LogP contribution in [-0.4, -0.2) is 36.2 Å². The Morgan fingerprint density at radius 2 is 0.698 bits per heavy atom. The second-order valence-electron chi connectivity index (χ2n) is 27.3. The quantitative estimate of drug-likeness (QED) is 0.126. The van der Waals surface area contributed by atoms with Gasteiger partial charge in [-0.25, -0.2) is 24.9 Å². The zero-order chi connectivity index (χ0) is 64.8. The molecule has 12 aromatic carbocycles. The Kier molecular flexibility index (Phi) is 13.9. The van der Waals surface area contributed by atoms with Crippen LogP contribution in [0.2, 0.25) is 0 Å². The van der Waals surface area contributed by atoms with E-state index in [-0.39, 0.29) is 17.5 Å². The molecule has 458 valence electrons. The van der Waals surface area contributed by atoms with Gasteiger partial charge in [-0.3, -0.25) is 0 Å². The predicted octanol–water partition coefficient (Wildman–Crippen LogP) is 20.1. The van der Waals surface area contributed by atoms with E-state index in [1.54, 1.807) is 0 Å². The van der Waals surface area contributed by atoms with Gasteiger partial charge in [-0.2, -0.15) is 0 Å². The summed E-state index contributed by atoms with van der Waals surface area (Å²) < 4.78 is 2.40. The zero-order valence-corrected chi connectivity index (χ0v) is 54.4. The lowest BCUT2D eigenvalue weighted by molar-refractivity contribution is 0.590. The minimum Gasteiger partial charge on any atom is -0.311 e. The lowest BCUT2D eigenvalue weighted by Crippen LogP contribution is -2.61. The standard InChI is InChI=1S/C87H67BN8/c1-86(2,3)63-44-49-74-67(53-63)68-54-64(87(4,5)6)45-50-75(68)96(74)76-48-43-62(83-89-72(57-25-11-7-12-26-57)55-73(90-83)58-27-13-8-14-28-58)52-69(76)85-92-82(59-29-15-9-16-30-59)91-84(93-85)61-32-23-31-60(51-61)56-41-46-66(47-42-56)95-78-38-22-20-36-71(78)88-70-35-19-21-37-77(70)94(65-33-17-10-18-34-65)79-39-24-40-80(95)81(79)88/h7-55H,1-6H3. The highest BCUT2D eigenvalue weighted by atomic mass is 15.2. The first-order chi connectivity index (χ1) is 46.9. The summed E-state index contributed by atoms with van der Waals surface area (Å²) in [5, 5.41) is 2.37. The van der Waals surface area contributed by atoms with Gasteiger partial charge in [0.05, 0.1) is 28.1 Å². The molecular formula is C87H67BN8. The van der Waals surface area contributed by atoms with E-state index in [1.165, 1.54) is 61.0 Å². The minimum atomic E-state index is -0.0758. The van der Waals surface area contributed by atoms with Crippen LogP contribution in [0.4, 0.5) is 34.1 Å². The molecule has 17 rings (SSSR count). The van der Waals surface area contributed by atoms with Gasteiger partial charge >= 0.3 is 0 Å². The van der Waals surface area contributed by atoms with Crippen LogP contribution in [0.5, 0.6) is 0 Å². The minimum absolute atomic E-state index is 0.0623. The first kappa shape index (κ1) is 58.0. The smallest absolute Gasteiger partial charge is 0.252 e. The van der Waals surface area contributed by atoms with E-state index >= 15 is 0 Å². The molecule has 0 bridgehead atoms. The Bertz CT molecular complexity index is 5370. The summed E-state index contributed by atoms with van der Waals surface area (Å²) in [6.07, 6.45) is 0. The highest BCUT2D eigenvalue weighted by Gasteiger charge is 2.43. The van der Waals surface area contributed by atoms with Crippen molar-refractivity contribution in [1.29, 1.82) is 0 Å². The molecule has 0 amide bonds. The summed E-state index contributed by atoms with van der Waals surface area (Å²) in [6, 6.07) is 107. The lowest BCUT2D eigenvalue weighted by Gasteiger charge is -2.44. The molecule has 0 atom stereocenters. The molecule has 9 heteroatoms. The lowest BCUT2D eigenvalue weighted by atomic mass is 9.33. The number of anilines is 6. The highest BCUT2D eigenvalue weighted by Crippen LogP contribution is 2.46. The normalized spacial score (nSPS) is 12.6. The van der Waals surface area contributed by atoms with Crippen LogP contribution in [0, 0.1) is 0 Å². The van der Waals surface area contributed by atoms with Gasteiger partial charge in [0.2, 0.25) is 0 Å². The summed E-state index contributed by atoms with van der Waals surface area (Å²) in [7, 11) is 0. The molecule has 0 saturated heterocycles. The van der Waals surface area contributed by atoms with Crippen LogP contribution < -0.4 is 26.2 Å².